The molecular weight excluding hydrogens is 219 g/mol. The molecule has 2 rings (SSSR count). The first-order valence-electron chi connectivity index (χ1n) is 3.95. The van der Waals surface area contributed by atoms with Gasteiger partial charge < -0.3 is 0 Å². The Bertz CT molecular complexity index is 442. The maximum atomic E-state index is 12.7. The van der Waals surface area contributed by atoms with Crippen molar-refractivity contribution in [2.45, 2.75) is 16.2 Å². The van der Waals surface area contributed by atoms with Gasteiger partial charge in [-0.05, 0) is 13.0 Å². The van der Waals surface area contributed by atoms with Gasteiger partial charge in [-0.2, -0.15) is 4.39 Å². The van der Waals surface area contributed by atoms with Crippen molar-refractivity contribution in [3.05, 3.63) is 35.4 Å². The van der Waals surface area contributed by atoms with Crippen LogP contribution in [0.5, 0.6) is 0 Å². The number of hydrogen-bond acceptors (Lipinski definition) is 4. The Morgan fingerprint density at radius 1 is 1.50 bits per heavy atom. The van der Waals surface area contributed by atoms with Crippen molar-refractivity contribution in [1.29, 1.82) is 0 Å². The van der Waals surface area contributed by atoms with Crippen molar-refractivity contribution in [3.8, 4) is 0 Å². The Balaban J connectivity index is 2.18. The predicted octanol–water partition coefficient (Wildman–Crippen LogP) is 3.14. The maximum Gasteiger partial charge on any atom is 0.213 e. The fraction of sp³-hybridized carbons (Fsp3) is 0.111. The predicted molar refractivity (Wildman–Crippen MR) is 55.2 cm³/mol. The highest BCUT2D eigenvalue weighted by Gasteiger charge is 2.02. The van der Waals surface area contributed by atoms with Gasteiger partial charge in [-0.25, -0.2) is 9.97 Å². The number of pyridine rings is 1. The van der Waals surface area contributed by atoms with Crippen molar-refractivity contribution in [2.24, 2.45) is 0 Å². The molecule has 0 N–H and O–H groups in total. The molecule has 2 nitrogen and oxygen atoms in total. The summed E-state index contributed by atoms with van der Waals surface area (Å²) in [6.07, 6.45) is 1.46. The van der Waals surface area contributed by atoms with Gasteiger partial charge in [0.05, 0.1) is 0 Å². The standard InChI is InChI=1S/C9H7FN2S2/c1-6-5-13-9(12-6)14-7-2-3-11-8(10)4-7/h2-5H,1H3. The zero-order valence-electron chi connectivity index (χ0n) is 7.40. The van der Waals surface area contributed by atoms with Crippen molar-refractivity contribution in [2.75, 3.05) is 0 Å². The first kappa shape index (κ1) is 9.61. The van der Waals surface area contributed by atoms with Crippen molar-refractivity contribution in [1.82, 2.24) is 9.97 Å². The van der Waals surface area contributed by atoms with E-state index in [-0.39, 0.29) is 0 Å². The molecule has 0 bridgehead atoms. The van der Waals surface area contributed by atoms with E-state index in [4.69, 9.17) is 0 Å². The first-order valence-corrected chi connectivity index (χ1v) is 5.65. The highest BCUT2D eigenvalue weighted by atomic mass is 32.2. The molecule has 0 amide bonds. The molecule has 0 saturated carbocycles. The Morgan fingerprint density at radius 3 is 3.00 bits per heavy atom. The number of halogens is 1. The largest absolute Gasteiger partial charge is 0.235 e. The van der Waals surface area contributed by atoms with Crippen LogP contribution in [-0.2, 0) is 0 Å². The molecule has 0 aliphatic carbocycles. The second-order valence-electron chi connectivity index (χ2n) is 2.67. The summed E-state index contributed by atoms with van der Waals surface area (Å²) in [5.41, 5.74) is 0.993. The van der Waals surface area contributed by atoms with Gasteiger partial charge in [0.2, 0.25) is 5.95 Å². The Labute approximate surface area is 89.2 Å². The van der Waals surface area contributed by atoms with Crippen molar-refractivity contribution < 1.29 is 4.39 Å². The molecule has 2 aromatic rings. The van der Waals surface area contributed by atoms with E-state index >= 15 is 0 Å². The van der Waals surface area contributed by atoms with Crippen LogP contribution in [0.4, 0.5) is 4.39 Å². The topological polar surface area (TPSA) is 25.8 Å². The minimum atomic E-state index is -0.455. The Kier molecular flexibility index (Phi) is 2.79. The molecule has 2 heterocycles. The normalized spacial score (nSPS) is 10.4. The number of aryl methyl sites for hydroxylation is 1. The molecule has 0 aliphatic rings. The summed E-state index contributed by atoms with van der Waals surface area (Å²) < 4.78 is 13.7. The van der Waals surface area contributed by atoms with Crippen LogP contribution in [0.2, 0.25) is 0 Å². The van der Waals surface area contributed by atoms with Crippen LogP contribution in [0.1, 0.15) is 5.69 Å². The van der Waals surface area contributed by atoms with Gasteiger partial charge >= 0.3 is 0 Å². The van der Waals surface area contributed by atoms with Gasteiger partial charge in [0, 0.05) is 28.2 Å². The Morgan fingerprint density at radius 2 is 2.36 bits per heavy atom. The van der Waals surface area contributed by atoms with E-state index in [1.54, 1.807) is 17.4 Å². The van der Waals surface area contributed by atoms with Crippen LogP contribution in [-0.4, -0.2) is 9.97 Å². The molecule has 5 heteroatoms. The zero-order chi connectivity index (χ0) is 9.97. The summed E-state index contributed by atoms with van der Waals surface area (Å²) >= 11 is 3.01. The molecule has 0 radical (unpaired) electrons. The molecule has 0 aliphatic heterocycles. The highest BCUT2D eigenvalue weighted by molar-refractivity contribution is 8.01. The van der Waals surface area contributed by atoms with E-state index in [9.17, 15) is 4.39 Å². The first-order chi connectivity index (χ1) is 6.74. The fourth-order valence-electron chi connectivity index (χ4n) is 0.928. The summed E-state index contributed by atoms with van der Waals surface area (Å²) in [5, 5.41) is 1.97. The van der Waals surface area contributed by atoms with Gasteiger partial charge in [-0.15, -0.1) is 11.3 Å². The lowest BCUT2D eigenvalue weighted by Gasteiger charge is -1.95. The fourth-order valence-corrected chi connectivity index (χ4v) is 2.75. The van der Waals surface area contributed by atoms with Gasteiger partial charge in [0.1, 0.15) is 0 Å². The average Bonchev–Trinajstić information content (AvgIpc) is 2.51. The summed E-state index contributed by atoms with van der Waals surface area (Å²) in [6.45, 7) is 1.94. The molecule has 0 aromatic carbocycles. The quantitative estimate of drug-likeness (QED) is 0.736. The molecule has 0 unspecified atom stereocenters. The third-order valence-electron chi connectivity index (χ3n) is 1.50. The van der Waals surface area contributed by atoms with Gasteiger partial charge in [0.25, 0.3) is 0 Å². The molecule has 72 valence electrons. The number of rotatable bonds is 2. The lowest BCUT2D eigenvalue weighted by atomic mass is 10.5. The minimum Gasteiger partial charge on any atom is -0.235 e. The van der Waals surface area contributed by atoms with Gasteiger partial charge in [-0.1, -0.05) is 11.8 Å². The second-order valence-corrected chi connectivity index (χ2v) is 4.85. The summed E-state index contributed by atoms with van der Waals surface area (Å²) in [4.78, 5) is 8.59. The number of hydrogen-bond donors (Lipinski definition) is 0. The highest BCUT2D eigenvalue weighted by Crippen LogP contribution is 2.29. The molecule has 0 saturated heterocycles. The molecule has 0 fully saturated rings. The van der Waals surface area contributed by atoms with Gasteiger partial charge in [-0.3, -0.25) is 0 Å². The van der Waals surface area contributed by atoms with Crippen molar-refractivity contribution >= 4 is 23.1 Å². The molecule has 0 spiro atoms. The number of thiazole rings is 1. The lowest BCUT2D eigenvalue weighted by molar-refractivity contribution is 0.579. The summed E-state index contributed by atoms with van der Waals surface area (Å²) in [6, 6.07) is 3.17. The second kappa shape index (κ2) is 4.06. The smallest absolute Gasteiger partial charge is 0.213 e. The molecule has 2 aromatic heterocycles. The van der Waals surface area contributed by atoms with Crippen LogP contribution >= 0.6 is 23.1 Å². The average molecular weight is 226 g/mol. The van der Waals surface area contributed by atoms with E-state index in [0.29, 0.717) is 0 Å². The van der Waals surface area contributed by atoms with E-state index < -0.39 is 5.95 Å². The molecule has 0 atom stereocenters. The van der Waals surface area contributed by atoms with Crippen LogP contribution in [0, 0.1) is 12.9 Å². The van der Waals surface area contributed by atoms with E-state index in [1.807, 2.05) is 12.3 Å². The minimum absolute atomic E-state index is 0.455. The van der Waals surface area contributed by atoms with E-state index in [0.717, 1.165) is 14.9 Å². The zero-order valence-corrected chi connectivity index (χ0v) is 9.03. The maximum absolute atomic E-state index is 12.7. The molecule has 14 heavy (non-hydrogen) atoms. The van der Waals surface area contributed by atoms with Gasteiger partial charge in [0.15, 0.2) is 4.34 Å². The Hall–Kier alpha value is -0.940. The van der Waals surface area contributed by atoms with Crippen molar-refractivity contribution in [3.63, 3.8) is 0 Å². The molecular formula is C9H7FN2S2. The third kappa shape index (κ3) is 2.30. The van der Waals surface area contributed by atoms with Crippen LogP contribution in [0.15, 0.2) is 32.9 Å². The monoisotopic (exact) mass is 226 g/mol. The summed E-state index contributed by atoms with van der Waals surface area (Å²) in [7, 11) is 0. The van der Waals surface area contributed by atoms with Crippen LogP contribution < -0.4 is 0 Å². The lowest BCUT2D eigenvalue weighted by Crippen LogP contribution is -1.81. The van der Waals surface area contributed by atoms with E-state index in [1.165, 1.54) is 24.0 Å². The summed E-state index contributed by atoms with van der Waals surface area (Å²) in [5.74, 6) is -0.455. The third-order valence-corrected chi connectivity index (χ3v) is 3.55. The number of nitrogens with zero attached hydrogens (tertiary/aromatic N) is 2. The SMILES string of the molecule is Cc1csc(Sc2ccnc(F)c2)n1. The van der Waals surface area contributed by atoms with E-state index in [2.05, 4.69) is 9.97 Å². The van der Waals surface area contributed by atoms with Crippen LogP contribution in [0.3, 0.4) is 0 Å². The van der Waals surface area contributed by atoms with Crippen LogP contribution in [0.25, 0.3) is 0 Å². The number of aromatic nitrogens is 2.